The van der Waals surface area contributed by atoms with Crippen LogP contribution in [-0.4, -0.2) is 80.5 Å². The second-order valence-electron chi connectivity index (χ2n) is 14.1. The zero-order chi connectivity index (χ0) is 36.9. The van der Waals surface area contributed by atoms with Crippen LogP contribution in [0.1, 0.15) is 67.0 Å². The molecule has 1 fully saturated rings. The number of ether oxygens (including phenoxy) is 1. The Labute approximate surface area is 302 Å². The second-order valence-corrected chi connectivity index (χ2v) is 14.1. The fourth-order valence-electron chi connectivity index (χ4n) is 6.48. The lowest BCUT2D eigenvalue weighted by Crippen LogP contribution is -2.38. The molecule has 15 nitrogen and oxygen atoms in total. The van der Waals surface area contributed by atoms with Crippen LogP contribution in [-0.2, 0) is 11.3 Å². The van der Waals surface area contributed by atoms with Gasteiger partial charge in [-0.25, -0.2) is 23.8 Å². The van der Waals surface area contributed by atoms with E-state index in [1.54, 1.807) is 37.8 Å². The summed E-state index contributed by atoms with van der Waals surface area (Å²) in [5.41, 5.74) is 4.56. The highest BCUT2D eigenvalue weighted by Crippen LogP contribution is 2.30. The third-order valence-electron chi connectivity index (χ3n) is 9.05. The molecule has 7 aromatic rings. The van der Waals surface area contributed by atoms with Crippen LogP contribution in [0.2, 0.25) is 0 Å². The minimum Gasteiger partial charge on any atom is -0.444 e. The molecule has 2 aromatic carbocycles. The minimum absolute atomic E-state index is 0.0841. The van der Waals surface area contributed by atoms with Gasteiger partial charge in [0.15, 0.2) is 11.4 Å². The summed E-state index contributed by atoms with van der Waals surface area (Å²) < 4.78 is 28.9. The molecule has 53 heavy (non-hydrogen) atoms. The van der Waals surface area contributed by atoms with Crippen molar-refractivity contribution in [3.8, 4) is 17.2 Å². The average molecular weight is 718 g/mol. The zero-order valence-electron chi connectivity index (χ0n) is 29.5. The van der Waals surface area contributed by atoms with Crippen LogP contribution in [0, 0.1) is 12.7 Å². The minimum atomic E-state index is -0.675. The van der Waals surface area contributed by atoms with E-state index < -0.39 is 17.5 Å². The molecule has 0 atom stereocenters. The molecule has 6 heterocycles. The van der Waals surface area contributed by atoms with Gasteiger partial charge in [-0.05, 0) is 76.9 Å². The number of amides is 2. The van der Waals surface area contributed by atoms with E-state index in [1.165, 1.54) is 22.9 Å². The number of hydrogen-bond acceptors (Lipinski definition) is 10. The summed E-state index contributed by atoms with van der Waals surface area (Å²) in [6.45, 7) is 8.51. The van der Waals surface area contributed by atoms with Gasteiger partial charge < -0.3 is 19.1 Å². The van der Waals surface area contributed by atoms with Crippen molar-refractivity contribution in [1.29, 1.82) is 0 Å². The Balaban J connectivity index is 0.889. The molecule has 8 rings (SSSR count). The number of nitrogens with zero attached hydrogens (tertiary/aromatic N) is 9. The van der Waals surface area contributed by atoms with Gasteiger partial charge in [0.25, 0.3) is 5.91 Å². The van der Waals surface area contributed by atoms with Crippen molar-refractivity contribution in [2.75, 3.05) is 18.4 Å². The maximum Gasteiger partial charge on any atom is 0.412 e. The van der Waals surface area contributed by atoms with Crippen LogP contribution in [0.15, 0.2) is 71.5 Å². The Morgan fingerprint density at radius 3 is 2.70 bits per heavy atom. The number of hydrogen-bond donors (Lipinski definition) is 2. The molecule has 0 bridgehead atoms. The van der Waals surface area contributed by atoms with Gasteiger partial charge in [0, 0.05) is 47.9 Å². The number of piperidine rings is 1. The van der Waals surface area contributed by atoms with E-state index in [4.69, 9.17) is 9.26 Å². The third kappa shape index (κ3) is 6.94. The number of likely N-dealkylation sites (tertiary alicyclic amines) is 1. The number of H-pyrrole nitrogens is 1. The molecule has 0 spiro atoms. The summed E-state index contributed by atoms with van der Waals surface area (Å²) in [6.07, 6.45) is 3.99. The largest absolute Gasteiger partial charge is 0.444 e. The lowest BCUT2D eigenvalue weighted by molar-refractivity contribution is 0.0634. The van der Waals surface area contributed by atoms with Gasteiger partial charge in [-0.2, -0.15) is 9.78 Å². The lowest BCUT2D eigenvalue weighted by atomic mass is 9.93. The molecule has 1 aliphatic heterocycles. The predicted molar refractivity (Wildman–Crippen MR) is 192 cm³/mol. The first-order chi connectivity index (χ1) is 25.5. The van der Waals surface area contributed by atoms with Gasteiger partial charge >= 0.3 is 6.09 Å². The first-order valence-corrected chi connectivity index (χ1v) is 17.2. The van der Waals surface area contributed by atoms with Crippen LogP contribution in [0.5, 0.6) is 0 Å². The van der Waals surface area contributed by atoms with E-state index in [1.807, 2.05) is 48.2 Å². The second kappa shape index (κ2) is 13.3. The number of aromatic nitrogens is 9. The highest BCUT2D eigenvalue weighted by atomic mass is 19.1. The number of nitrogens with one attached hydrogen (secondary N) is 2. The Hall–Kier alpha value is -6.45. The number of para-hydroxylation sites is 2. The van der Waals surface area contributed by atoms with Crippen molar-refractivity contribution < 1.29 is 23.2 Å². The van der Waals surface area contributed by atoms with Crippen molar-refractivity contribution in [3.63, 3.8) is 0 Å². The third-order valence-corrected chi connectivity index (χ3v) is 9.05. The van der Waals surface area contributed by atoms with E-state index in [0.717, 1.165) is 40.6 Å². The number of anilines is 1. The fourth-order valence-corrected chi connectivity index (χ4v) is 6.48. The molecular weight excluding hydrogens is 681 g/mol. The van der Waals surface area contributed by atoms with E-state index in [9.17, 15) is 14.0 Å². The number of benzene rings is 2. The van der Waals surface area contributed by atoms with Crippen molar-refractivity contribution in [2.45, 2.75) is 58.6 Å². The van der Waals surface area contributed by atoms with Crippen molar-refractivity contribution in [2.24, 2.45) is 0 Å². The van der Waals surface area contributed by atoms with E-state index >= 15 is 0 Å². The van der Waals surface area contributed by atoms with Crippen LogP contribution in [0.25, 0.3) is 39.3 Å². The predicted octanol–water partition coefficient (Wildman–Crippen LogP) is 6.41. The maximum absolute atomic E-state index is 14.8. The smallest absolute Gasteiger partial charge is 0.412 e. The summed E-state index contributed by atoms with van der Waals surface area (Å²) in [5.74, 6) is 0.641. The first-order valence-electron chi connectivity index (χ1n) is 17.2. The molecule has 0 aliphatic carbocycles. The highest BCUT2D eigenvalue weighted by Gasteiger charge is 2.28. The number of halogens is 1. The zero-order valence-corrected chi connectivity index (χ0v) is 29.5. The van der Waals surface area contributed by atoms with Gasteiger partial charge in [-0.15, -0.1) is 5.10 Å². The summed E-state index contributed by atoms with van der Waals surface area (Å²) in [4.78, 5) is 40.2. The fraction of sp³-hybridized carbons (Fsp3) is 0.297. The molecule has 2 N–H and O–H groups in total. The number of rotatable bonds is 7. The molecule has 0 saturated carbocycles. The van der Waals surface area contributed by atoms with E-state index in [0.29, 0.717) is 41.7 Å². The lowest BCUT2D eigenvalue weighted by Gasteiger charge is -2.31. The molecular formula is C37H36FN11O4. The number of aromatic amines is 1. The number of carbonyl (C=O) groups is 2. The Kier molecular flexibility index (Phi) is 8.43. The summed E-state index contributed by atoms with van der Waals surface area (Å²) in [6, 6.07) is 15.7. The topological polar surface area (TPSA) is 175 Å². The van der Waals surface area contributed by atoms with E-state index in [-0.39, 0.29) is 29.6 Å². The van der Waals surface area contributed by atoms with Crippen LogP contribution >= 0.6 is 0 Å². The van der Waals surface area contributed by atoms with Gasteiger partial charge in [0.1, 0.15) is 23.7 Å². The Morgan fingerprint density at radius 1 is 1.09 bits per heavy atom. The highest BCUT2D eigenvalue weighted by molar-refractivity contribution is 5.97. The SMILES string of the molecule is Cc1nn(-c2nc3ccccc3[nH]2)c2ncc(C(=O)N3CCC(c4cc(Cn5cc(-c6cc(NC(=O)OC(C)(C)C)ccc6F)nn5)on4)CC3)cc12. The molecule has 1 saturated heterocycles. The number of fused-ring (bicyclic) bond motifs is 2. The summed E-state index contributed by atoms with van der Waals surface area (Å²) in [7, 11) is 0. The number of imidazole rings is 1. The van der Waals surface area contributed by atoms with E-state index in [2.05, 4.69) is 40.8 Å². The number of aryl methyl sites for hydroxylation is 1. The summed E-state index contributed by atoms with van der Waals surface area (Å²) >= 11 is 0. The maximum atomic E-state index is 14.8. The molecule has 270 valence electrons. The Morgan fingerprint density at radius 2 is 1.91 bits per heavy atom. The van der Waals surface area contributed by atoms with Crippen LogP contribution in [0.3, 0.4) is 0 Å². The molecule has 0 radical (unpaired) electrons. The first kappa shape index (κ1) is 33.7. The molecule has 0 unspecified atom stereocenters. The average Bonchev–Trinajstić information content (AvgIpc) is 3.95. The van der Waals surface area contributed by atoms with Crippen molar-refractivity contribution in [1.82, 2.24) is 49.8 Å². The quantitative estimate of drug-likeness (QED) is 0.188. The summed E-state index contributed by atoms with van der Waals surface area (Å²) in [5, 5.41) is 20.6. The van der Waals surface area contributed by atoms with Gasteiger partial charge in [-0.3, -0.25) is 10.1 Å². The monoisotopic (exact) mass is 717 g/mol. The number of carbonyl (C=O) groups excluding carboxylic acids is 2. The molecule has 5 aromatic heterocycles. The molecule has 1 aliphatic rings. The Bertz CT molecular complexity index is 2450. The van der Waals surface area contributed by atoms with Crippen molar-refractivity contribution in [3.05, 3.63) is 95.5 Å². The van der Waals surface area contributed by atoms with Gasteiger partial charge in [0.05, 0.1) is 34.2 Å². The van der Waals surface area contributed by atoms with Gasteiger partial charge in [0.2, 0.25) is 5.95 Å². The normalized spacial score (nSPS) is 13.9. The standard InChI is InChI=1S/C37H36FN11O4/c1-21-26-15-23(18-39-33(26)49(44-21)35-41-29-7-5-6-8-30(29)42-35)34(50)47-13-11-22(12-14-47)31-17-25(53-45-31)19-48-20-32(43-46-48)27-16-24(9-10-28(27)38)40-36(51)52-37(2,3)4/h5-10,15-18,20,22H,11-14,19H2,1-4H3,(H,40,51)(H,41,42). The van der Waals surface area contributed by atoms with Gasteiger partial charge in [-0.1, -0.05) is 22.5 Å². The molecule has 2 amide bonds. The molecule has 16 heteroatoms. The van der Waals surface area contributed by atoms with Crippen LogP contribution < -0.4 is 5.32 Å². The van der Waals surface area contributed by atoms with Crippen molar-refractivity contribution >= 4 is 39.8 Å². The number of pyridine rings is 1. The van der Waals surface area contributed by atoms with Crippen LogP contribution in [0.4, 0.5) is 14.9 Å².